The van der Waals surface area contributed by atoms with Gasteiger partial charge in [-0.1, -0.05) is 64.7 Å². The number of nitrogens with zero attached hydrogens (tertiary/aromatic N) is 4. The van der Waals surface area contributed by atoms with Crippen molar-refractivity contribution in [2.45, 2.75) is 32.7 Å². The fourth-order valence-corrected chi connectivity index (χ4v) is 6.02. The Morgan fingerprint density at radius 2 is 1.56 bits per heavy atom. The van der Waals surface area contributed by atoms with Gasteiger partial charge in [-0.2, -0.15) is 0 Å². The third-order valence-corrected chi connectivity index (χ3v) is 8.80. The van der Waals surface area contributed by atoms with E-state index in [0.717, 1.165) is 61.4 Å². The molecule has 7 nitrogen and oxygen atoms in total. The number of hydrogen-bond donors (Lipinski definition) is 1. The van der Waals surface area contributed by atoms with Crippen LogP contribution in [0.15, 0.2) is 60.7 Å². The van der Waals surface area contributed by atoms with Crippen LogP contribution < -0.4 is 10.2 Å². The van der Waals surface area contributed by atoms with Gasteiger partial charge in [0.05, 0.1) is 10.0 Å². The van der Waals surface area contributed by atoms with Crippen LogP contribution in [0.1, 0.15) is 45.0 Å². The molecule has 0 aliphatic carbocycles. The number of likely N-dealkylation sites (N-methyl/N-ethyl adjacent to an activating group) is 1. The Morgan fingerprint density at radius 3 is 2.21 bits per heavy atom. The van der Waals surface area contributed by atoms with E-state index in [4.69, 9.17) is 23.2 Å². The molecule has 1 N–H and O–H groups in total. The van der Waals surface area contributed by atoms with E-state index >= 15 is 0 Å². The van der Waals surface area contributed by atoms with Gasteiger partial charge in [0.1, 0.15) is 0 Å². The van der Waals surface area contributed by atoms with Gasteiger partial charge in [-0.05, 0) is 68.3 Å². The third-order valence-electron chi connectivity index (χ3n) is 8.06. The maximum atomic E-state index is 13.4. The third kappa shape index (κ3) is 8.88. The molecular weight excluding hydrogens is 581 g/mol. The summed E-state index contributed by atoms with van der Waals surface area (Å²) in [6.07, 6.45) is 0.885. The van der Waals surface area contributed by atoms with Crippen molar-refractivity contribution in [3.05, 3.63) is 98.5 Å². The predicted molar refractivity (Wildman–Crippen MR) is 178 cm³/mol. The zero-order valence-electron chi connectivity index (χ0n) is 25.9. The summed E-state index contributed by atoms with van der Waals surface area (Å²) in [4.78, 5) is 33.7. The van der Waals surface area contributed by atoms with E-state index < -0.39 is 0 Å². The molecule has 1 atom stereocenters. The molecule has 1 saturated heterocycles. The molecule has 0 aromatic heterocycles. The maximum Gasteiger partial charge on any atom is 0.317 e. The molecule has 3 aromatic carbocycles. The van der Waals surface area contributed by atoms with Gasteiger partial charge in [-0.3, -0.25) is 9.69 Å². The number of carbonyl (C=O) groups excluding carboxylic acids is 2. The van der Waals surface area contributed by atoms with E-state index in [0.29, 0.717) is 28.7 Å². The van der Waals surface area contributed by atoms with Gasteiger partial charge >= 0.3 is 6.03 Å². The molecule has 1 heterocycles. The smallest absolute Gasteiger partial charge is 0.317 e. The maximum absolute atomic E-state index is 13.4. The molecule has 9 heteroatoms. The number of amides is 3. The standard InChI is InChI=1S/C34H43Cl2N5O2/c1-24-18-25(2)20-29(19-24)33(42)39(5)23-28(26-10-11-30(35)31(36)21-26)12-13-40-14-16-41(17-15-40)32-9-7-6-8-27(32)22-37-34(43)38(3)4/h6-11,18-21,28H,12-17,22-23H2,1-5H3,(H,37,43)/t28-/m1/s1. The average Bonchev–Trinajstić information content (AvgIpc) is 2.98. The number of hydrogen-bond acceptors (Lipinski definition) is 4. The normalized spacial score (nSPS) is 14.3. The molecule has 1 aliphatic heterocycles. The van der Waals surface area contributed by atoms with Crippen LogP contribution in [-0.4, -0.2) is 87.0 Å². The van der Waals surface area contributed by atoms with E-state index in [9.17, 15) is 9.59 Å². The van der Waals surface area contributed by atoms with Crippen molar-refractivity contribution < 1.29 is 9.59 Å². The monoisotopic (exact) mass is 623 g/mol. The van der Waals surface area contributed by atoms with Gasteiger partial charge in [0.15, 0.2) is 0 Å². The van der Waals surface area contributed by atoms with Crippen LogP contribution in [0.25, 0.3) is 0 Å². The largest absolute Gasteiger partial charge is 0.369 e. The van der Waals surface area contributed by atoms with Crippen LogP contribution in [0, 0.1) is 13.8 Å². The summed E-state index contributed by atoms with van der Waals surface area (Å²) in [6.45, 7) is 9.69. The van der Waals surface area contributed by atoms with Gasteiger partial charge in [0.2, 0.25) is 0 Å². The van der Waals surface area contributed by atoms with Crippen molar-refractivity contribution in [3.8, 4) is 0 Å². The zero-order valence-corrected chi connectivity index (χ0v) is 27.4. The molecular formula is C34H43Cl2N5O2. The summed E-state index contributed by atoms with van der Waals surface area (Å²) in [6, 6.07) is 20.0. The molecule has 4 rings (SSSR count). The molecule has 3 amide bonds. The van der Waals surface area contributed by atoms with Crippen LogP contribution in [0.4, 0.5) is 10.5 Å². The highest BCUT2D eigenvalue weighted by atomic mass is 35.5. The first-order chi connectivity index (χ1) is 20.5. The minimum atomic E-state index is -0.0995. The first kappa shape index (κ1) is 32.6. The number of aryl methyl sites for hydroxylation is 2. The average molecular weight is 625 g/mol. The zero-order chi connectivity index (χ0) is 31.1. The highest BCUT2D eigenvalue weighted by Gasteiger charge is 2.23. The van der Waals surface area contributed by atoms with Gasteiger partial charge < -0.3 is 20.0 Å². The second-order valence-electron chi connectivity index (χ2n) is 11.7. The van der Waals surface area contributed by atoms with Gasteiger partial charge in [0.25, 0.3) is 5.91 Å². The fraction of sp³-hybridized carbons (Fsp3) is 0.412. The Kier molecular flexibility index (Phi) is 11.4. The number of benzene rings is 3. The van der Waals surface area contributed by atoms with E-state index in [1.807, 2.05) is 62.2 Å². The molecule has 0 radical (unpaired) electrons. The van der Waals surface area contributed by atoms with Crippen LogP contribution in [-0.2, 0) is 6.54 Å². The van der Waals surface area contributed by atoms with Gasteiger partial charge in [0, 0.05) is 77.6 Å². The van der Waals surface area contributed by atoms with Gasteiger partial charge in [-0.15, -0.1) is 0 Å². The quantitative estimate of drug-likeness (QED) is 0.282. The lowest BCUT2D eigenvalue weighted by Gasteiger charge is -2.38. The molecule has 0 bridgehead atoms. The number of carbonyl (C=O) groups is 2. The molecule has 230 valence electrons. The lowest BCUT2D eigenvalue weighted by molar-refractivity contribution is 0.0782. The molecule has 0 spiro atoms. The molecule has 1 fully saturated rings. The summed E-state index contributed by atoms with van der Waals surface area (Å²) in [5.74, 6) is 0.125. The number of piperazine rings is 1. The SMILES string of the molecule is Cc1cc(C)cc(C(=O)N(C)C[C@@H](CCN2CCN(c3ccccc3CNC(=O)N(C)C)CC2)c2ccc(Cl)c(Cl)c2)c1. The van der Waals surface area contributed by atoms with Crippen molar-refractivity contribution in [2.75, 3.05) is 65.3 Å². The Balaban J connectivity index is 1.40. The Bertz CT molecular complexity index is 1400. The van der Waals surface area contributed by atoms with Gasteiger partial charge in [-0.25, -0.2) is 4.79 Å². The lowest BCUT2D eigenvalue weighted by Crippen LogP contribution is -2.47. The summed E-state index contributed by atoms with van der Waals surface area (Å²) in [7, 11) is 5.36. The van der Waals surface area contributed by atoms with Crippen molar-refractivity contribution in [1.82, 2.24) is 20.0 Å². The highest BCUT2D eigenvalue weighted by molar-refractivity contribution is 6.42. The Hall–Kier alpha value is -3.26. The second-order valence-corrected chi connectivity index (χ2v) is 12.5. The highest BCUT2D eigenvalue weighted by Crippen LogP contribution is 2.30. The topological polar surface area (TPSA) is 59.1 Å². The molecule has 0 unspecified atom stereocenters. The first-order valence-corrected chi connectivity index (χ1v) is 15.6. The molecule has 3 aromatic rings. The number of rotatable bonds is 10. The fourth-order valence-electron chi connectivity index (χ4n) is 5.71. The predicted octanol–water partition coefficient (Wildman–Crippen LogP) is 6.45. The molecule has 1 aliphatic rings. The van der Waals surface area contributed by atoms with Crippen LogP contribution in [0.2, 0.25) is 10.0 Å². The Morgan fingerprint density at radius 1 is 0.884 bits per heavy atom. The van der Waals surface area contributed by atoms with Crippen LogP contribution >= 0.6 is 23.2 Å². The molecule has 0 saturated carbocycles. The van der Waals surface area contributed by atoms with E-state index in [1.165, 1.54) is 5.69 Å². The number of halogens is 2. The summed E-state index contributed by atoms with van der Waals surface area (Å²) >= 11 is 12.7. The lowest BCUT2D eigenvalue weighted by atomic mass is 9.94. The number of nitrogens with one attached hydrogen (secondary N) is 1. The van der Waals surface area contributed by atoms with E-state index in [2.05, 4.69) is 39.4 Å². The minimum absolute atomic E-state index is 0.0194. The summed E-state index contributed by atoms with van der Waals surface area (Å²) in [5.41, 5.74) is 6.24. The van der Waals surface area contributed by atoms with Crippen LogP contribution in [0.5, 0.6) is 0 Å². The minimum Gasteiger partial charge on any atom is -0.369 e. The molecule has 43 heavy (non-hydrogen) atoms. The summed E-state index contributed by atoms with van der Waals surface area (Å²) in [5, 5.41) is 4.04. The number of anilines is 1. The van der Waals surface area contributed by atoms with Crippen LogP contribution in [0.3, 0.4) is 0 Å². The van der Waals surface area contributed by atoms with Crippen molar-refractivity contribution >= 4 is 40.8 Å². The summed E-state index contributed by atoms with van der Waals surface area (Å²) < 4.78 is 0. The number of para-hydroxylation sites is 1. The number of urea groups is 1. The Labute approximate surface area is 266 Å². The van der Waals surface area contributed by atoms with E-state index in [1.54, 1.807) is 19.0 Å². The first-order valence-electron chi connectivity index (χ1n) is 14.8. The second kappa shape index (κ2) is 15.0. The van der Waals surface area contributed by atoms with E-state index in [-0.39, 0.29) is 17.9 Å². The van der Waals surface area contributed by atoms with Crippen molar-refractivity contribution in [1.29, 1.82) is 0 Å². The van der Waals surface area contributed by atoms with Crippen molar-refractivity contribution in [2.24, 2.45) is 0 Å². The van der Waals surface area contributed by atoms with Crippen molar-refractivity contribution in [3.63, 3.8) is 0 Å².